The summed E-state index contributed by atoms with van der Waals surface area (Å²) < 4.78 is 12.4. The highest BCUT2D eigenvalue weighted by Gasteiger charge is 2.18. The molecule has 1 aliphatic rings. The Morgan fingerprint density at radius 2 is 2.00 bits per heavy atom. The molecule has 0 aliphatic heterocycles. The van der Waals surface area contributed by atoms with Crippen molar-refractivity contribution in [3.05, 3.63) is 62.0 Å². The van der Waals surface area contributed by atoms with Crippen LogP contribution in [0.2, 0.25) is 0 Å². The minimum absolute atomic E-state index is 0.0383. The van der Waals surface area contributed by atoms with Crippen LogP contribution in [0.1, 0.15) is 40.2 Å². The Morgan fingerprint density at radius 1 is 1.18 bits per heavy atom. The lowest BCUT2D eigenvalue weighted by Gasteiger charge is -2.10. The molecule has 0 spiro atoms. The number of carbonyl (C=O) groups is 1. The van der Waals surface area contributed by atoms with E-state index in [4.69, 9.17) is 9.47 Å². The first-order valence-corrected chi connectivity index (χ1v) is 10.2. The molecule has 6 nitrogen and oxygen atoms in total. The number of rotatable bonds is 5. The van der Waals surface area contributed by atoms with Gasteiger partial charge in [-0.1, -0.05) is 6.07 Å². The Hall–Kier alpha value is -2.67. The summed E-state index contributed by atoms with van der Waals surface area (Å²) in [7, 11) is 0. The van der Waals surface area contributed by atoms with Gasteiger partial charge in [-0.25, -0.2) is 9.78 Å². The first-order valence-electron chi connectivity index (χ1n) is 9.40. The van der Waals surface area contributed by atoms with Crippen LogP contribution in [0.5, 0.6) is 5.75 Å². The van der Waals surface area contributed by atoms with Gasteiger partial charge in [-0.2, -0.15) is 0 Å². The third-order valence-corrected chi connectivity index (χ3v) is 6.17. The second kappa shape index (κ2) is 7.75. The number of aryl methyl sites for hydroxylation is 4. The van der Waals surface area contributed by atoms with Crippen molar-refractivity contribution >= 4 is 22.3 Å². The second-order valence-corrected chi connectivity index (χ2v) is 8.14. The number of hydrogen-bond acceptors (Lipinski definition) is 6. The van der Waals surface area contributed by atoms with Crippen molar-refractivity contribution in [3.63, 3.8) is 0 Å². The molecule has 0 saturated carbocycles. The minimum atomic E-state index is -0.495. The smallest absolute Gasteiger partial charge is 0.344 e. The summed E-state index contributed by atoms with van der Waals surface area (Å²) in [4.78, 5) is 30.9. The number of esters is 1. The maximum absolute atomic E-state index is 12.5. The van der Waals surface area contributed by atoms with Gasteiger partial charge in [0, 0.05) is 16.6 Å². The van der Waals surface area contributed by atoms with Crippen LogP contribution in [-0.2, 0) is 29.0 Å². The van der Waals surface area contributed by atoms with Crippen LogP contribution in [0.15, 0.2) is 29.1 Å². The zero-order valence-electron chi connectivity index (χ0n) is 16.0. The van der Waals surface area contributed by atoms with Crippen LogP contribution in [0.25, 0.3) is 4.96 Å². The maximum Gasteiger partial charge on any atom is 0.344 e. The second-order valence-electron chi connectivity index (χ2n) is 7.08. The lowest BCUT2D eigenvalue weighted by molar-refractivity contribution is -0.147. The Balaban J connectivity index is 1.40. The largest absolute Gasteiger partial charge is 0.482 e. The molecule has 3 aromatic rings. The highest BCUT2D eigenvalue weighted by atomic mass is 32.1. The zero-order valence-corrected chi connectivity index (χ0v) is 16.8. The number of nitrogens with zero attached hydrogens (tertiary/aromatic N) is 2. The highest BCUT2D eigenvalue weighted by molar-refractivity contribution is 7.17. The van der Waals surface area contributed by atoms with E-state index in [2.05, 4.69) is 4.98 Å². The number of carbonyl (C=O) groups excluding carboxylic acids is 1. The molecular weight excluding hydrogens is 376 g/mol. The first kappa shape index (κ1) is 18.7. The van der Waals surface area contributed by atoms with Gasteiger partial charge in [0.15, 0.2) is 11.6 Å². The third kappa shape index (κ3) is 3.80. The number of hydrogen-bond donors (Lipinski definition) is 0. The molecule has 1 aliphatic carbocycles. The fourth-order valence-corrected chi connectivity index (χ4v) is 4.59. The molecule has 0 radical (unpaired) electrons. The molecule has 2 aromatic heterocycles. The Labute approximate surface area is 166 Å². The SMILES string of the molecule is Cc1ccc(OCC(=O)OCc2cc(=O)n3c4c(sc3n2)CCCC4)cc1C. The number of benzene rings is 1. The van der Waals surface area contributed by atoms with Gasteiger partial charge in [-0.15, -0.1) is 11.3 Å². The molecule has 7 heteroatoms. The van der Waals surface area contributed by atoms with Crippen molar-refractivity contribution in [2.75, 3.05) is 6.61 Å². The van der Waals surface area contributed by atoms with E-state index < -0.39 is 5.97 Å². The van der Waals surface area contributed by atoms with Crippen LogP contribution in [0.4, 0.5) is 0 Å². The van der Waals surface area contributed by atoms with E-state index in [1.54, 1.807) is 15.7 Å². The molecule has 28 heavy (non-hydrogen) atoms. The van der Waals surface area contributed by atoms with E-state index in [0.717, 1.165) is 42.5 Å². The highest BCUT2D eigenvalue weighted by Crippen LogP contribution is 2.28. The van der Waals surface area contributed by atoms with Crippen LogP contribution in [0.3, 0.4) is 0 Å². The van der Waals surface area contributed by atoms with Crippen LogP contribution in [0, 0.1) is 13.8 Å². The zero-order chi connectivity index (χ0) is 19.7. The van der Waals surface area contributed by atoms with E-state index >= 15 is 0 Å². The van der Waals surface area contributed by atoms with Gasteiger partial charge in [0.2, 0.25) is 0 Å². The monoisotopic (exact) mass is 398 g/mol. The maximum atomic E-state index is 12.5. The van der Waals surface area contributed by atoms with Crippen molar-refractivity contribution in [2.45, 2.75) is 46.1 Å². The Kier molecular flexibility index (Phi) is 5.17. The van der Waals surface area contributed by atoms with Gasteiger partial charge >= 0.3 is 5.97 Å². The van der Waals surface area contributed by atoms with E-state index in [1.807, 2.05) is 32.0 Å². The predicted molar refractivity (Wildman–Crippen MR) is 107 cm³/mol. The van der Waals surface area contributed by atoms with E-state index in [1.165, 1.54) is 10.9 Å². The molecule has 2 heterocycles. The Bertz CT molecular complexity index is 1100. The van der Waals surface area contributed by atoms with Crippen molar-refractivity contribution in [1.82, 2.24) is 9.38 Å². The molecule has 0 unspecified atom stereocenters. The molecule has 0 atom stereocenters. The average molecular weight is 398 g/mol. The van der Waals surface area contributed by atoms with Crippen LogP contribution < -0.4 is 10.3 Å². The summed E-state index contributed by atoms with van der Waals surface area (Å²) in [6, 6.07) is 7.11. The summed E-state index contributed by atoms with van der Waals surface area (Å²) in [5, 5.41) is 0. The van der Waals surface area contributed by atoms with Gasteiger partial charge < -0.3 is 9.47 Å². The minimum Gasteiger partial charge on any atom is -0.482 e. The summed E-state index contributed by atoms with van der Waals surface area (Å²) in [6.07, 6.45) is 4.18. The van der Waals surface area contributed by atoms with Gasteiger partial charge in [0.1, 0.15) is 12.4 Å². The predicted octanol–water partition coefficient (Wildman–Crippen LogP) is 3.37. The van der Waals surface area contributed by atoms with Crippen molar-refractivity contribution in [2.24, 2.45) is 0 Å². The fourth-order valence-electron chi connectivity index (χ4n) is 3.36. The number of aromatic nitrogens is 2. The molecular formula is C21H22N2O4S. The molecule has 0 amide bonds. The lowest BCUT2D eigenvalue weighted by Crippen LogP contribution is -2.19. The van der Waals surface area contributed by atoms with E-state index in [0.29, 0.717) is 16.4 Å². The summed E-state index contributed by atoms with van der Waals surface area (Å²) >= 11 is 1.56. The van der Waals surface area contributed by atoms with Crippen molar-refractivity contribution in [1.29, 1.82) is 0 Å². The van der Waals surface area contributed by atoms with Crippen LogP contribution >= 0.6 is 11.3 Å². The van der Waals surface area contributed by atoms with Gasteiger partial charge in [0.05, 0.1) is 5.69 Å². The molecule has 0 N–H and O–H groups in total. The summed E-state index contributed by atoms with van der Waals surface area (Å²) in [5.41, 5.74) is 3.71. The third-order valence-electron chi connectivity index (χ3n) is 5.03. The lowest BCUT2D eigenvalue weighted by atomic mass is 10.0. The van der Waals surface area contributed by atoms with Gasteiger partial charge in [-0.05, 0) is 62.8 Å². The van der Waals surface area contributed by atoms with Gasteiger partial charge in [0.25, 0.3) is 5.56 Å². The quantitative estimate of drug-likeness (QED) is 0.616. The van der Waals surface area contributed by atoms with Crippen molar-refractivity contribution < 1.29 is 14.3 Å². The van der Waals surface area contributed by atoms with Gasteiger partial charge in [-0.3, -0.25) is 9.20 Å². The molecule has 0 fully saturated rings. The molecule has 1 aromatic carbocycles. The van der Waals surface area contributed by atoms with E-state index in [-0.39, 0.29) is 18.8 Å². The molecule has 0 bridgehead atoms. The van der Waals surface area contributed by atoms with E-state index in [9.17, 15) is 9.59 Å². The summed E-state index contributed by atoms with van der Waals surface area (Å²) in [6.45, 7) is 3.79. The molecule has 0 saturated heterocycles. The van der Waals surface area contributed by atoms with Crippen LogP contribution in [-0.4, -0.2) is 22.0 Å². The fraction of sp³-hybridized carbons (Fsp3) is 0.381. The Morgan fingerprint density at radius 3 is 2.82 bits per heavy atom. The summed E-state index contributed by atoms with van der Waals surface area (Å²) in [5.74, 6) is 0.132. The molecule has 146 valence electrons. The first-order chi connectivity index (χ1) is 13.5. The number of ether oxygens (including phenoxy) is 2. The average Bonchev–Trinajstić information content (AvgIpc) is 3.06. The standard InChI is InChI=1S/C21H22N2O4S/c1-13-7-8-16(9-14(13)2)26-12-20(25)27-11-15-10-19(24)23-17-5-3-4-6-18(17)28-21(23)22-15/h7-10H,3-6,11-12H2,1-2H3. The molecule has 4 rings (SSSR count). The van der Waals surface area contributed by atoms with Crippen molar-refractivity contribution in [3.8, 4) is 5.75 Å². The normalized spacial score (nSPS) is 13.4. The topological polar surface area (TPSA) is 69.9 Å². The number of thiazole rings is 1. The number of fused-ring (bicyclic) bond motifs is 3.